The van der Waals surface area contributed by atoms with Gasteiger partial charge in [0.05, 0.1) is 12.0 Å². The van der Waals surface area contributed by atoms with E-state index in [1.165, 1.54) is 0 Å². The third-order valence-corrected chi connectivity index (χ3v) is 3.78. The number of benzene rings is 1. The van der Waals surface area contributed by atoms with E-state index in [1.54, 1.807) is 32.9 Å². The largest absolute Gasteiger partial charge is 0.465 e. The molecule has 1 unspecified atom stereocenters. The fourth-order valence-corrected chi connectivity index (χ4v) is 2.61. The lowest BCUT2D eigenvalue weighted by molar-refractivity contribution is -0.150. The minimum Gasteiger partial charge on any atom is -0.465 e. The van der Waals surface area contributed by atoms with Gasteiger partial charge in [0, 0.05) is 5.56 Å². The van der Waals surface area contributed by atoms with Crippen LogP contribution in [0.15, 0.2) is 18.2 Å². The highest BCUT2D eigenvalue weighted by molar-refractivity contribution is 6.27. The van der Waals surface area contributed by atoms with Crippen molar-refractivity contribution in [3.8, 4) is 0 Å². The maximum Gasteiger partial charge on any atom is 0.324 e. The minimum atomic E-state index is -1.33. The summed E-state index contributed by atoms with van der Waals surface area (Å²) < 4.78 is 4.88. The Morgan fingerprint density at radius 1 is 1.30 bits per heavy atom. The average molecular weight is 274 g/mol. The van der Waals surface area contributed by atoms with Gasteiger partial charge in [-0.05, 0) is 39.3 Å². The number of aryl methyl sites for hydroxylation is 1. The summed E-state index contributed by atoms with van der Waals surface area (Å²) >= 11 is 0. The van der Waals surface area contributed by atoms with Gasteiger partial charge in [0.2, 0.25) is 0 Å². The molecule has 0 radical (unpaired) electrons. The maximum atomic E-state index is 12.5. The standard InChI is InChI=1S/C16H18O4/c1-5-20-15(19)12-13(17)10-8-9(2)6-7-11(10)16(3,4)14(12)18/h6-8,12H,5H2,1-4H3. The Morgan fingerprint density at radius 2 is 1.95 bits per heavy atom. The Bertz CT molecular complexity index is 598. The fraction of sp³-hybridized carbons (Fsp3) is 0.438. The number of ether oxygens (including phenoxy) is 1. The maximum absolute atomic E-state index is 12.5. The monoisotopic (exact) mass is 274 g/mol. The van der Waals surface area contributed by atoms with Crippen molar-refractivity contribution < 1.29 is 19.1 Å². The van der Waals surface area contributed by atoms with Crippen LogP contribution < -0.4 is 0 Å². The van der Waals surface area contributed by atoms with Crippen LogP contribution in [0.3, 0.4) is 0 Å². The molecule has 4 heteroatoms. The molecule has 0 saturated carbocycles. The van der Waals surface area contributed by atoms with Gasteiger partial charge in [0.1, 0.15) is 0 Å². The first kappa shape index (κ1) is 14.4. The summed E-state index contributed by atoms with van der Waals surface area (Å²) in [6.07, 6.45) is 0. The number of esters is 1. The molecule has 0 saturated heterocycles. The van der Waals surface area contributed by atoms with Gasteiger partial charge in [-0.2, -0.15) is 0 Å². The Balaban J connectivity index is 2.60. The van der Waals surface area contributed by atoms with Crippen molar-refractivity contribution in [3.63, 3.8) is 0 Å². The van der Waals surface area contributed by atoms with Crippen molar-refractivity contribution in [2.24, 2.45) is 5.92 Å². The van der Waals surface area contributed by atoms with Crippen LogP contribution in [0, 0.1) is 12.8 Å². The molecule has 20 heavy (non-hydrogen) atoms. The molecule has 0 heterocycles. The zero-order valence-corrected chi connectivity index (χ0v) is 12.1. The van der Waals surface area contributed by atoms with Gasteiger partial charge in [-0.25, -0.2) is 0 Å². The van der Waals surface area contributed by atoms with Crippen molar-refractivity contribution in [1.82, 2.24) is 0 Å². The van der Waals surface area contributed by atoms with E-state index < -0.39 is 28.9 Å². The molecule has 0 fully saturated rings. The predicted molar refractivity (Wildman–Crippen MR) is 73.7 cm³/mol. The summed E-state index contributed by atoms with van der Waals surface area (Å²) in [6.45, 7) is 7.15. The Kier molecular flexibility index (Phi) is 3.50. The molecule has 0 amide bonds. The smallest absolute Gasteiger partial charge is 0.324 e. The number of hydrogen-bond donors (Lipinski definition) is 0. The van der Waals surface area contributed by atoms with Crippen LogP contribution in [-0.4, -0.2) is 24.1 Å². The van der Waals surface area contributed by atoms with Gasteiger partial charge in [0.15, 0.2) is 17.5 Å². The van der Waals surface area contributed by atoms with Crippen LogP contribution in [0.1, 0.15) is 42.3 Å². The van der Waals surface area contributed by atoms with Crippen molar-refractivity contribution in [2.45, 2.75) is 33.1 Å². The Morgan fingerprint density at radius 3 is 2.55 bits per heavy atom. The lowest BCUT2D eigenvalue weighted by Gasteiger charge is -2.34. The summed E-state index contributed by atoms with van der Waals surface area (Å²) in [4.78, 5) is 36.9. The molecule has 4 nitrogen and oxygen atoms in total. The molecule has 0 N–H and O–H groups in total. The second-order valence-electron chi connectivity index (χ2n) is 5.59. The number of hydrogen-bond acceptors (Lipinski definition) is 4. The van der Waals surface area contributed by atoms with Gasteiger partial charge in [-0.3, -0.25) is 14.4 Å². The number of rotatable bonds is 2. The van der Waals surface area contributed by atoms with E-state index >= 15 is 0 Å². The summed E-state index contributed by atoms with van der Waals surface area (Å²) in [7, 11) is 0. The van der Waals surface area contributed by atoms with Crippen LogP contribution in [0.4, 0.5) is 0 Å². The number of carbonyl (C=O) groups excluding carboxylic acids is 3. The van der Waals surface area contributed by atoms with E-state index in [1.807, 2.05) is 13.0 Å². The van der Waals surface area contributed by atoms with E-state index in [0.29, 0.717) is 11.1 Å². The van der Waals surface area contributed by atoms with E-state index in [2.05, 4.69) is 0 Å². The first-order chi connectivity index (χ1) is 9.30. The second kappa shape index (κ2) is 4.85. The van der Waals surface area contributed by atoms with Gasteiger partial charge in [-0.1, -0.05) is 17.7 Å². The lowest BCUT2D eigenvalue weighted by Crippen LogP contribution is -2.48. The van der Waals surface area contributed by atoms with E-state index in [4.69, 9.17) is 4.74 Å². The van der Waals surface area contributed by atoms with Crippen LogP contribution in [0.2, 0.25) is 0 Å². The molecule has 1 aliphatic carbocycles. The van der Waals surface area contributed by atoms with Gasteiger partial charge in [-0.15, -0.1) is 0 Å². The molecular formula is C16H18O4. The van der Waals surface area contributed by atoms with E-state index in [-0.39, 0.29) is 6.61 Å². The van der Waals surface area contributed by atoms with Crippen molar-refractivity contribution >= 4 is 17.5 Å². The minimum absolute atomic E-state index is 0.150. The third-order valence-electron chi connectivity index (χ3n) is 3.78. The van der Waals surface area contributed by atoms with E-state index in [0.717, 1.165) is 5.56 Å². The first-order valence-corrected chi connectivity index (χ1v) is 6.67. The molecule has 106 valence electrons. The molecule has 2 rings (SSSR count). The number of fused-ring (bicyclic) bond motifs is 1. The average Bonchev–Trinajstić information content (AvgIpc) is 2.37. The molecule has 0 spiro atoms. The molecular weight excluding hydrogens is 256 g/mol. The second-order valence-corrected chi connectivity index (χ2v) is 5.59. The SMILES string of the molecule is CCOC(=O)C1C(=O)c2cc(C)ccc2C(C)(C)C1=O. The first-order valence-electron chi connectivity index (χ1n) is 6.67. The zero-order chi connectivity index (χ0) is 15.1. The summed E-state index contributed by atoms with van der Waals surface area (Å²) in [6, 6.07) is 5.39. The fourth-order valence-electron chi connectivity index (χ4n) is 2.61. The molecule has 1 aliphatic rings. The predicted octanol–water partition coefficient (Wildman–Crippen LogP) is 2.22. The molecule has 1 aromatic rings. The number of ketones is 2. The normalized spacial score (nSPS) is 20.5. The van der Waals surface area contributed by atoms with Crippen LogP contribution >= 0.6 is 0 Å². The van der Waals surface area contributed by atoms with Crippen LogP contribution in [0.5, 0.6) is 0 Å². The van der Waals surface area contributed by atoms with Crippen molar-refractivity contribution in [1.29, 1.82) is 0 Å². The molecule has 0 aromatic heterocycles. The van der Waals surface area contributed by atoms with E-state index in [9.17, 15) is 14.4 Å². The van der Waals surface area contributed by atoms with Crippen LogP contribution in [0.25, 0.3) is 0 Å². The van der Waals surface area contributed by atoms with Gasteiger partial charge >= 0.3 is 5.97 Å². The summed E-state index contributed by atoms with van der Waals surface area (Å²) in [5.74, 6) is -2.93. The topological polar surface area (TPSA) is 60.4 Å². The lowest BCUT2D eigenvalue weighted by atomic mass is 9.66. The Labute approximate surface area is 118 Å². The molecule has 1 atom stereocenters. The van der Waals surface area contributed by atoms with Crippen molar-refractivity contribution in [2.75, 3.05) is 6.61 Å². The van der Waals surface area contributed by atoms with Gasteiger partial charge < -0.3 is 4.74 Å². The highest BCUT2D eigenvalue weighted by atomic mass is 16.5. The third kappa shape index (κ3) is 2.05. The van der Waals surface area contributed by atoms with Gasteiger partial charge in [0.25, 0.3) is 0 Å². The molecule has 0 bridgehead atoms. The quantitative estimate of drug-likeness (QED) is 0.613. The highest BCUT2D eigenvalue weighted by Gasteiger charge is 2.50. The molecule has 0 aliphatic heterocycles. The molecule has 1 aromatic carbocycles. The number of carbonyl (C=O) groups is 3. The van der Waals surface area contributed by atoms with Crippen LogP contribution in [-0.2, 0) is 19.7 Å². The highest BCUT2D eigenvalue weighted by Crippen LogP contribution is 2.37. The Hall–Kier alpha value is -1.97. The summed E-state index contributed by atoms with van der Waals surface area (Å²) in [5, 5.41) is 0. The summed E-state index contributed by atoms with van der Waals surface area (Å²) in [5.41, 5.74) is 1.19. The zero-order valence-electron chi connectivity index (χ0n) is 12.1. The number of Topliss-reactive ketones (excluding diaryl/α,β-unsaturated/α-hetero) is 2. The van der Waals surface area contributed by atoms with Crippen molar-refractivity contribution in [3.05, 3.63) is 34.9 Å².